The van der Waals surface area contributed by atoms with Gasteiger partial charge in [-0.1, -0.05) is 11.6 Å². The number of benzene rings is 1. The Balaban J connectivity index is 1.69. The van der Waals surface area contributed by atoms with Crippen molar-refractivity contribution < 1.29 is 9.53 Å². The van der Waals surface area contributed by atoms with Gasteiger partial charge in [0.2, 0.25) is 0 Å². The van der Waals surface area contributed by atoms with Gasteiger partial charge >= 0.3 is 5.97 Å². The predicted molar refractivity (Wildman–Crippen MR) is 88.5 cm³/mol. The van der Waals surface area contributed by atoms with Crippen molar-refractivity contribution in [3.8, 4) is 0 Å². The highest BCUT2D eigenvalue weighted by Crippen LogP contribution is 2.44. The number of halogens is 1. The van der Waals surface area contributed by atoms with Crippen molar-refractivity contribution in [1.82, 2.24) is 4.90 Å². The lowest BCUT2D eigenvalue weighted by atomic mass is 9.82. The number of rotatable bonds is 2. The highest BCUT2D eigenvalue weighted by molar-refractivity contribution is 6.30. The van der Waals surface area contributed by atoms with Crippen LogP contribution in [0.25, 0.3) is 0 Å². The lowest BCUT2D eigenvalue weighted by Crippen LogP contribution is -2.37. The summed E-state index contributed by atoms with van der Waals surface area (Å²) in [5, 5.41) is 4.24. The molecule has 0 bridgehead atoms. The molecule has 0 radical (unpaired) electrons. The second kappa shape index (κ2) is 5.43. The molecule has 2 heterocycles. The van der Waals surface area contributed by atoms with Crippen LogP contribution < -0.4 is 5.32 Å². The summed E-state index contributed by atoms with van der Waals surface area (Å²) in [5.74, 6) is -0.151. The summed E-state index contributed by atoms with van der Waals surface area (Å²) < 4.78 is 5.42. The fourth-order valence-corrected chi connectivity index (χ4v) is 3.65. The Morgan fingerprint density at radius 3 is 2.95 bits per heavy atom. The van der Waals surface area contributed by atoms with Crippen LogP contribution in [0.1, 0.15) is 32.8 Å². The highest BCUT2D eigenvalue weighted by atomic mass is 35.5. The van der Waals surface area contributed by atoms with Gasteiger partial charge in [0.1, 0.15) is 5.60 Å². The molecule has 1 N–H and O–H groups in total. The number of hydrogen-bond acceptors (Lipinski definition) is 4. The molecule has 0 aliphatic carbocycles. The van der Waals surface area contributed by atoms with E-state index in [1.54, 1.807) is 0 Å². The molecule has 2 aliphatic heterocycles. The first-order chi connectivity index (χ1) is 10.3. The molecule has 22 heavy (non-hydrogen) atoms. The molecule has 1 spiro atoms. The van der Waals surface area contributed by atoms with Crippen LogP contribution in [0.15, 0.2) is 18.2 Å². The van der Waals surface area contributed by atoms with Crippen LogP contribution in [0.3, 0.4) is 0 Å². The number of hydrogen-bond donors (Lipinski definition) is 1. The van der Waals surface area contributed by atoms with Gasteiger partial charge in [-0.25, -0.2) is 0 Å². The zero-order valence-electron chi connectivity index (χ0n) is 13.4. The van der Waals surface area contributed by atoms with E-state index in [0.717, 1.165) is 31.1 Å². The summed E-state index contributed by atoms with van der Waals surface area (Å²) in [4.78, 5) is 14.2. The van der Waals surface area contributed by atoms with E-state index in [0.29, 0.717) is 6.54 Å². The summed E-state index contributed by atoms with van der Waals surface area (Å²) in [6, 6.07) is 6.02. The maximum atomic E-state index is 12.0. The van der Waals surface area contributed by atoms with Gasteiger partial charge in [-0.15, -0.1) is 0 Å². The maximum Gasteiger partial charge on any atom is 0.320 e. The second-order valence-corrected chi connectivity index (χ2v) is 7.81. The van der Waals surface area contributed by atoms with Gasteiger partial charge in [-0.05, 0) is 57.5 Å². The number of carbonyl (C=O) groups excluding carboxylic acids is 1. The minimum Gasteiger partial charge on any atom is -0.459 e. The standard InChI is InChI=1S/C17H23ClN2O2/c1-16(2,3)22-15(21)9-20-7-6-17(11-20)10-19-14-5-4-12(18)8-13(14)17/h4-5,8,19H,6-7,9-11H2,1-3H3. The number of anilines is 1. The molecule has 1 atom stereocenters. The Hall–Kier alpha value is -1.26. The maximum absolute atomic E-state index is 12.0. The first kappa shape index (κ1) is 15.6. The van der Waals surface area contributed by atoms with Crippen LogP contribution in [0, 0.1) is 0 Å². The van der Waals surface area contributed by atoms with E-state index >= 15 is 0 Å². The topological polar surface area (TPSA) is 41.6 Å². The van der Waals surface area contributed by atoms with Gasteiger partial charge in [0.05, 0.1) is 6.54 Å². The van der Waals surface area contributed by atoms with Gasteiger partial charge in [-0.3, -0.25) is 9.69 Å². The van der Waals surface area contributed by atoms with Crippen molar-refractivity contribution in [2.24, 2.45) is 0 Å². The Labute approximate surface area is 136 Å². The van der Waals surface area contributed by atoms with Crippen molar-refractivity contribution in [2.75, 3.05) is 31.5 Å². The molecule has 2 aliphatic rings. The highest BCUT2D eigenvalue weighted by Gasteiger charge is 2.44. The van der Waals surface area contributed by atoms with E-state index in [1.165, 1.54) is 11.3 Å². The number of ether oxygens (including phenoxy) is 1. The van der Waals surface area contributed by atoms with Crippen LogP contribution in [0.5, 0.6) is 0 Å². The predicted octanol–water partition coefficient (Wildman–Crippen LogP) is 3.05. The summed E-state index contributed by atoms with van der Waals surface area (Å²) in [5.41, 5.74) is 2.10. The fourth-order valence-electron chi connectivity index (χ4n) is 3.48. The zero-order chi connectivity index (χ0) is 16.0. The lowest BCUT2D eigenvalue weighted by molar-refractivity contribution is -0.155. The molecule has 1 aromatic carbocycles. The number of nitrogens with one attached hydrogen (secondary N) is 1. The van der Waals surface area contributed by atoms with E-state index in [1.807, 2.05) is 32.9 Å². The van der Waals surface area contributed by atoms with Gasteiger partial charge < -0.3 is 10.1 Å². The molecule has 120 valence electrons. The average Bonchev–Trinajstić information content (AvgIpc) is 2.94. The van der Waals surface area contributed by atoms with Crippen LogP contribution in [0.4, 0.5) is 5.69 Å². The molecule has 1 aromatic rings. The SMILES string of the molecule is CC(C)(C)OC(=O)CN1CCC2(CNc3ccc(Cl)cc32)C1. The lowest BCUT2D eigenvalue weighted by Gasteiger charge is -2.25. The van der Waals surface area contributed by atoms with E-state index in [4.69, 9.17) is 16.3 Å². The quantitative estimate of drug-likeness (QED) is 0.850. The Morgan fingerprint density at radius 1 is 1.45 bits per heavy atom. The first-order valence-electron chi connectivity index (χ1n) is 7.76. The van der Waals surface area contributed by atoms with Crippen LogP contribution in [-0.4, -0.2) is 42.6 Å². The third kappa shape index (κ3) is 3.08. The summed E-state index contributed by atoms with van der Waals surface area (Å²) in [6.07, 6.45) is 1.04. The summed E-state index contributed by atoms with van der Waals surface area (Å²) in [7, 11) is 0. The number of esters is 1. The van der Waals surface area contributed by atoms with Crippen LogP contribution in [0.2, 0.25) is 5.02 Å². The van der Waals surface area contributed by atoms with E-state index in [2.05, 4.69) is 16.3 Å². The molecule has 1 unspecified atom stereocenters. The fraction of sp³-hybridized carbons (Fsp3) is 0.588. The van der Waals surface area contributed by atoms with E-state index in [-0.39, 0.29) is 11.4 Å². The third-order valence-electron chi connectivity index (χ3n) is 4.38. The van der Waals surface area contributed by atoms with Gasteiger partial charge in [0, 0.05) is 29.2 Å². The number of nitrogens with zero attached hydrogens (tertiary/aromatic N) is 1. The van der Waals surface area contributed by atoms with Crippen molar-refractivity contribution in [2.45, 2.75) is 38.2 Å². The number of likely N-dealkylation sites (tertiary alicyclic amines) is 1. The smallest absolute Gasteiger partial charge is 0.320 e. The number of fused-ring (bicyclic) bond motifs is 2. The van der Waals surface area contributed by atoms with E-state index in [9.17, 15) is 4.79 Å². The van der Waals surface area contributed by atoms with Crippen LogP contribution >= 0.6 is 11.6 Å². The number of carbonyl (C=O) groups is 1. The minimum absolute atomic E-state index is 0.0717. The monoisotopic (exact) mass is 322 g/mol. The molecule has 5 heteroatoms. The summed E-state index contributed by atoms with van der Waals surface area (Å²) >= 11 is 6.16. The first-order valence-corrected chi connectivity index (χ1v) is 8.13. The second-order valence-electron chi connectivity index (χ2n) is 7.37. The molecular weight excluding hydrogens is 300 g/mol. The molecule has 1 fully saturated rings. The van der Waals surface area contributed by atoms with Crippen molar-refractivity contribution in [3.05, 3.63) is 28.8 Å². The van der Waals surface area contributed by atoms with Gasteiger partial charge in [0.25, 0.3) is 0 Å². The Morgan fingerprint density at radius 2 is 2.23 bits per heavy atom. The third-order valence-corrected chi connectivity index (χ3v) is 4.61. The largest absolute Gasteiger partial charge is 0.459 e. The normalized spacial score (nSPS) is 24.4. The summed E-state index contributed by atoms with van der Waals surface area (Å²) in [6.45, 7) is 8.74. The average molecular weight is 323 g/mol. The Kier molecular flexibility index (Phi) is 3.86. The van der Waals surface area contributed by atoms with E-state index < -0.39 is 5.60 Å². The molecule has 3 rings (SSSR count). The molecule has 0 amide bonds. The van der Waals surface area contributed by atoms with Crippen molar-refractivity contribution >= 4 is 23.3 Å². The zero-order valence-corrected chi connectivity index (χ0v) is 14.2. The molecular formula is C17H23ClN2O2. The molecule has 0 aromatic heterocycles. The molecule has 1 saturated heterocycles. The van der Waals surface area contributed by atoms with Crippen molar-refractivity contribution in [3.63, 3.8) is 0 Å². The van der Waals surface area contributed by atoms with Gasteiger partial charge in [0.15, 0.2) is 0 Å². The Bertz CT molecular complexity index is 597. The molecule has 0 saturated carbocycles. The molecule has 4 nitrogen and oxygen atoms in total. The van der Waals surface area contributed by atoms with Crippen LogP contribution in [-0.2, 0) is 14.9 Å². The van der Waals surface area contributed by atoms with Crippen molar-refractivity contribution in [1.29, 1.82) is 0 Å². The van der Waals surface area contributed by atoms with Gasteiger partial charge in [-0.2, -0.15) is 0 Å². The minimum atomic E-state index is -0.427.